The SMILES string of the molecule is CN1CC2CC1C(=O)N(Cc1ccccc1)c1ccccc1O2. The van der Waals surface area contributed by atoms with Gasteiger partial charge in [-0.25, -0.2) is 0 Å². The monoisotopic (exact) mass is 308 g/mol. The van der Waals surface area contributed by atoms with Gasteiger partial charge >= 0.3 is 0 Å². The first-order chi connectivity index (χ1) is 11.2. The molecule has 0 aromatic heterocycles. The Hall–Kier alpha value is -2.33. The summed E-state index contributed by atoms with van der Waals surface area (Å²) in [7, 11) is 2.00. The van der Waals surface area contributed by atoms with Gasteiger partial charge < -0.3 is 9.64 Å². The number of anilines is 1. The molecule has 4 nitrogen and oxygen atoms in total. The van der Waals surface area contributed by atoms with E-state index in [2.05, 4.69) is 17.0 Å². The van der Waals surface area contributed by atoms with Crippen molar-refractivity contribution in [2.24, 2.45) is 0 Å². The summed E-state index contributed by atoms with van der Waals surface area (Å²) in [6.07, 6.45) is 0.851. The molecular weight excluding hydrogens is 288 g/mol. The van der Waals surface area contributed by atoms with Gasteiger partial charge in [0.15, 0.2) is 0 Å². The molecule has 0 saturated carbocycles. The Kier molecular flexibility index (Phi) is 3.54. The van der Waals surface area contributed by atoms with Gasteiger partial charge in [0.2, 0.25) is 5.91 Å². The van der Waals surface area contributed by atoms with Crippen molar-refractivity contribution in [3.05, 3.63) is 60.2 Å². The minimum atomic E-state index is -0.0999. The lowest BCUT2D eigenvalue weighted by Crippen LogP contribution is -2.44. The molecule has 0 spiro atoms. The van der Waals surface area contributed by atoms with Gasteiger partial charge in [0.05, 0.1) is 18.3 Å². The molecule has 1 saturated heterocycles. The lowest BCUT2D eigenvalue weighted by Gasteiger charge is -2.31. The molecule has 2 atom stereocenters. The standard InChI is InChI=1S/C19H20N2O2/c1-20-13-15-11-17(20)19(22)21(12-14-7-3-2-4-8-14)16-9-5-6-10-18(16)23-15/h2-10,15,17H,11-13H2,1H3. The number of benzene rings is 2. The lowest BCUT2D eigenvalue weighted by atomic mass is 10.1. The lowest BCUT2D eigenvalue weighted by molar-refractivity contribution is -0.122. The average Bonchev–Trinajstić information content (AvgIpc) is 2.94. The third kappa shape index (κ3) is 2.59. The maximum atomic E-state index is 13.2. The number of likely N-dealkylation sites (tertiary alicyclic amines) is 1. The molecule has 2 aliphatic heterocycles. The largest absolute Gasteiger partial charge is 0.487 e. The Bertz CT molecular complexity index is 716. The maximum Gasteiger partial charge on any atom is 0.244 e. The van der Waals surface area contributed by atoms with Gasteiger partial charge in [-0.05, 0) is 24.7 Å². The number of likely N-dealkylation sites (N-methyl/N-ethyl adjacent to an activating group) is 1. The molecule has 4 rings (SSSR count). The van der Waals surface area contributed by atoms with Gasteiger partial charge in [-0.2, -0.15) is 0 Å². The maximum absolute atomic E-state index is 13.2. The third-order valence-electron chi connectivity index (χ3n) is 4.69. The highest BCUT2D eigenvalue weighted by Gasteiger charge is 2.41. The van der Waals surface area contributed by atoms with E-state index in [0.717, 1.165) is 30.0 Å². The van der Waals surface area contributed by atoms with Crippen LogP contribution in [-0.4, -0.2) is 36.5 Å². The molecule has 2 unspecified atom stereocenters. The highest BCUT2D eigenvalue weighted by molar-refractivity contribution is 5.99. The summed E-state index contributed by atoms with van der Waals surface area (Å²) in [6.45, 7) is 1.36. The molecule has 1 fully saturated rings. The molecule has 2 aromatic rings. The van der Waals surface area contributed by atoms with E-state index >= 15 is 0 Å². The van der Waals surface area contributed by atoms with Crippen molar-refractivity contribution in [3.8, 4) is 5.75 Å². The summed E-state index contributed by atoms with van der Waals surface area (Å²) in [5.41, 5.74) is 1.99. The van der Waals surface area contributed by atoms with Gasteiger partial charge in [-0.1, -0.05) is 42.5 Å². The number of nitrogens with zero attached hydrogens (tertiary/aromatic N) is 2. The van der Waals surface area contributed by atoms with E-state index in [1.807, 2.05) is 54.4 Å². The summed E-state index contributed by atoms with van der Waals surface area (Å²) in [4.78, 5) is 17.1. The number of carbonyl (C=O) groups is 1. The first-order valence-electron chi connectivity index (χ1n) is 8.03. The van der Waals surface area contributed by atoms with E-state index in [1.165, 1.54) is 0 Å². The Balaban J connectivity index is 1.76. The summed E-state index contributed by atoms with van der Waals surface area (Å²) in [5.74, 6) is 0.963. The van der Waals surface area contributed by atoms with Gasteiger partial charge in [0, 0.05) is 13.0 Å². The fraction of sp³-hybridized carbons (Fsp3) is 0.316. The van der Waals surface area contributed by atoms with Crippen LogP contribution in [0.25, 0.3) is 0 Å². The van der Waals surface area contributed by atoms with Crippen LogP contribution in [0.15, 0.2) is 54.6 Å². The molecule has 4 heteroatoms. The number of fused-ring (bicyclic) bond motifs is 3. The van der Waals surface area contributed by atoms with Gasteiger partial charge in [-0.3, -0.25) is 9.69 Å². The predicted octanol–water partition coefficient (Wildman–Crippen LogP) is 2.68. The summed E-state index contributed by atoms with van der Waals surface area (Å²) in [6, 6.07) is 17.9. The van der Waals surface area contributed by atoms with Crippen LogP contribution in [0.3, 0.4) is 0 Å². The van der Waals surface area contributed by atoms with Crippen molar-refractivity contribution >= 4 is 11.6 Å². The zero-order valence-corrected chi connectivity index (χ0v) is 13.2. The molecule has 0 aliphatic carbocycles. The summed E-state index contributed by atoms with van der Waals surface area (Å²) < 4.78 is 6.18. The Morgan fingerprint density at radius 3 is 2.65 bits per heavy atom. The number of para-hydroxylation sites is 2. The van der Waals surface area contributed by atoms with Crippen molar-refractivity contribution in [3.63, 3.8) is 0 Å². The number of carbonyl (C=O) groups excluding carboxylic acids is 1. The Morgan fingerprint density at radius 1 is 1.09 bits per heavy atom. The van der Waals surface area contributed by atoms with Crippen molar-refractivity contribution in [1.29, 1.82) is 0 Å². The zero-order chi connectivity index (χ0) is 15.8. The van der Waals surface area contributed by atoms with Gasteiger partial charge in [0.25, 0.3) is 0 Å². The van der Waals surface area contributed by atoms with Crippen LogP contribution in [0.4, 0.5) is 5.69 Å². The molecule has 2 aliphatic rings. The molecule has 0 N–H and O–H groups in total. The first-order valence-corrected chi connectivity index (χ1v) is 8.03. The van der Waals surface area contributed by atoms with E-state index in [4.69, 9.17) is 4.74 Å². The van der Waals surface area contributed by atoms with Crippen LogP contribution in [0, 0.1) is 0 Å². The van der Waals surface area contributed by atoms with E-state index in [1.54, 1.807) is 0 Å². The predicted molar refractivity (Wildman–Crippen MR) is 89.5 cm³/mol. The van der Waals surface area contributed by atoms with Crippen molar-refractivity contribution in [1.82, 2.24) is 4.90 Å². The van der Waals surface area contributed by atoms with Crippen molar-refractivity contribution in [2.75, 3.05) is 18.5 Å². The van der Waals surface area contributed by atoms with Gasteiger partial charge in [0.1, 0.15) is 11.9 Å². The molecule has 1 amide bonds. The van der Waals surface area contributed by atoms with E-state index in [-0.39, 0.29) is 18.1 Å². The molecule has 2 aromatic carbocycles. The van der Waals surface area contributed by atoms with Crippen molar-refractivity contribution < 1.29 is 9.53 Å². The fourth-order valence-electron chi connectivity index (χ4n) is 3.51. The third-order valence-corrected chi connectivity index (χ3v) is 4.69. The minimum absolute atomic E-state index is 0.0916. The zero-order valence-electron chi connectivity index (χ0n) is 13.2. The summed E-state index contributed by atoms with van der Waals surface area (Å²) in [5, 5.41) is 0. The number of hydrogen-bond donors (Lipinski definition) is 0. The minimum Gasteiger partial charge on any atom is -0.487 e. The van der Waals surface area contributed by atoms with Gasteiger partial charge in [-0.15, -0.1) is 0 Å². The molecule has 2 bridgehead atoms. The average molecular weight is 308 g/mol. The Morgan fingerprint density at radius 2 is 1.83 bits per heavy atom. The topological polar surface area (TPSA) is 32.8 Å². The number of amides is 1. The molecule has 2 heterocycles. The molecular formula is C19H20N2O2. The first kappa shape index (κ1) is 14.3. The Labute approximate surface area is 136 Å². The second-order valence-electron chi connectivity index (χ2n) is 6.31. The van der Waals surface area contributed by atoms with E-state index in [9.17, 15) is 4.79 Å². The van der Waals surface area contributed by atoms with Crippen LogP contribution >= 0.6 is 0 Å². The molecule has 118 valence electrons. The highest BCUT2D eigenvalue weighted by Crippen LogP contribution is 2.36. The van der Waals surface area contributed by atoms with Crippen LogP contribution < -0.4 is 9.64 Å². The summed E-state index contributed by atoms with van der Waals surface area (Å²) >= 11 is 0. The second kappa shape index (κ2) is 5.70. The van der Waals surface area contributed by atoms with E-state index < -0.39 is 0 Å². The quantitative estimate of drug-likeness (QED) is 0.855. The van der Waals surface area contributed by atoms with Crippen molar-refractivity contribution in [2.45, 2.75) is 25.1 Å². The smallest absolute Gasteiger partial charge is 0.244 e. The number of hydrogen-bond acceptors (Lipinski definition) is 3. The fourth-order valence-corrected chi connectivity index (χ4v) is 3.51. The highest BCUT2D eigenvalue weighted by atomic mass is 16.5. The normalized spacial score (nSPS) is 23.9. The van der Waals surface area contributed by atoms with Crippen LogP contribution in [0.5, 0.6) is 5.75 Å². The van der Waals surface area contributed by atoms with E-state index in [0.29, 0.717) is 6.54 Å². The van der Waals surface area contributed by atoms with Crippen LogP contribution in [0.1, 0.15) is 12.0 Å². The molecule has 23 heavy (non-hydrogen) atoms. The number of rotatable bonds is 2. The van der Waals surface area contributed by atoms with Crippen LogP contribution in [-0.2, 0) is 11.3 Å². The number of ether oxygens (including phenoxy) is 1. The second-order valence-corrected chi connectivity index (χ2v) is 6.31. The van der Waals surface area contributed by atoms with Crippen LogP contribution in [0.2, 0.25) is 0 Å². The molecule has 0 radical (unpaired) electrons.